The summed E-state index contributed by atoms with van der Waals surface area (Å²) < 4.78 is 5.85. The molecular weight excluding hydrogens is 316 g/mol. The van der Waals surface area contributed by atoms with Crippen molar-refractivity contribution < 1.29 is 14.3 Å². The second kappa shape index (κ2) is 6.97. The van der Waals surface area contributed by atoms with Gasteiger partial charge in [-0.25, -0.2) is 0 Å². The molecule has 3 rings (SSSR count). The Hall–Kier alpha value is -2.82. The first kappa shape index (κ1) is 17.0. The maximum absolute atomic E-state index is 12.8. The number of carbonyl (C=O) groups is 2. The molecular formula is C20H22N2O3. The van der Waals surface area contributed by atoms with Crippen LogP contribution in [-0.4, -0.2) is 24.5 Å². The fourth-order valence-corrected chi connectivity index (χ4v) is 3.07. The highest BCUT2D eigenvalue weighted by molar-refractivity contribution is 6.00. The van der Waals surface area contributed by atoms with E-state index in [0.29, 0.717) is 11.4 Å². The van der Waals surface area contributed by atoms with Crippen LogP contribution in [0.15, 0.2) is 42.5 Å². The van der Waals surface area contributed by atoms with Gasteiger partial charge >= 0.3 is 0 Å². The summed E-state index contributed by atoms with van der Waals surface area (Å²) in [5.74, 6) is 0.188. The second-order valence-electron chi connectivity index (χ2n) is 6.16. The number of aryl methyl sites for hydroxylation is 2. The molecule has 0 aromatic heterocycles. The number of fused-ring (bicyclic) bond motifs is 1. The van der Waals surface area contributed by atoms with Crippen LogP contribution >= 0.6 is 0 Å². The van der Waals surface area contributed by atoms with Gasteiger partial charge in [0.15, 0.2) is 6.10 Å². The maximum atomic E-state index is 12.8. The number of rotatable bonds is 3. The minimum Gasteiger partial charge on any atom is -0.476 e. The van der Waals surface area contributed by atoms with E-state index in [4.69, 9.17) is 4.74 Å². The second-order valence-corrected chi connectivity index (χ2v) is 6.16. The predicted octanol–water partition coefficient (Wildman–Crippen LogP) is 3.31. The van der Waals surface area contributed by atoms with Gasteiger partial charge in [0.1, 0.15) is 5.75 Å². The zero-order valence-corrected chi connectivity index (χ0v) is 14.7. The molecule has 0 fully saturated rings. The summed E-state index contributed by atoms with van der Waals surface area (Å²) in [5, 5.41) is 2.99. The lowest BCUT2D eigenvalue weighted by molar-refractivity contribution is -0.123. The Morgan fingerprint density at radius 1 is 1.20 bits per heavy atom. The number of hydrogen-bond donors (Lipinski definition) is 1. The predicted molar refractivity (Wildman–Crippen MR) is 98.1 cm³/mol. The molecule has 25 heavy (non-hydrogen) atoms. The highest BCUT2D eigenvalue weighted by Gasteiger charge is 2.32. The van der Waals surface area contributed by atoms with E-state index in [1.807, 2.05) is 43.3 Å². The lowest BCUT2D eigenvalue weighted by Gasteiger charge is -2.33. The molecule has 0 saturated carbocycles. The van der Waals surface area contributed by atoms with Crippen LogP contribution in [0.3, 0.4) is 0 Å². The number of nitrogens with one attached hydrogen (secondary N) is 1. The highest BCUT2D eigenvalue weighted by Crippen LogP contribution is 2.33. The molecule has 130 valence electrons. The minimum atomic E-state index is -0.747. The Labute approximate surface area is 147 Å². The van der Waals surface area contributed by atoms with Crippen LogP contribution in [0.5, 0.6) is 5.75 Å². The summed E-state index contributed by atoms with van der Waals surface area (Å²) in [6.45, 7) is 5.71. The Balaban J connectivity index is 1.86. The highest BCUT2D eigenvalue weighted by atomic mass is 16.5. The molecule has 2 amide bonds. The molecule has 5 nitrogen and oxygen atoms in total. The van der Waals surface area contributed by atoms with E-state index in [2.05, 4.69) is 12.2 Å². The number of hydrogen-bond acceptors (Lipinski definition) is 3. The normalized spacial score (nSPS) is 16.0. The van der Waals surface area contributed by atoms with Gasteiger partial charge in [-0.15, -0.1) is 0 Å². The molecule has 2 aromatic carbocycles. The first-order valence-corrected chi connectivity index (χ1v) is 8.44. The zero-order chi connectivity index (χ0) is 18.0. The number of anilines is 2. The van der Waals surface area contributed by atoms with Crippen molar-refractivity contribution in [3.8, 4) is 5.75 Å². The van der Waals surface area contributed by atoms with Crippen molar-refractivity contribution >= 4 is 23.2 Å². The van der Waals surface area contributed by atoms with Gasteiger partial charge in [-0.3, -0.25) is 9.59 Å². The number of amides is 2. The third-order valence-corrected chi connectivity index (χ3v) is 4.43. The van der Waals surface area contributed by atoms with Gasteiger partial charge in [-0.05, 0) is 36.6 Å². The summed E-state index contributed by atoms with van der Waals surface area (Å²) in [5.41, 5.74) is 3.61. The zero-order valence-electron chi connectivity index (χ0n) is 14.7. The van der Waals surface area contributed by atoms with Crippen LogP contribution < -0.4 is 15.0 Å². The third-order valence-electron chi connectivity index (χ3n) is 4.43. The lowest BCUT2D eigenvalue weighted by Crippen LogP contribution is -2.48. The smallest absolute Gasteiger partial charge is 0.267 e. The largest absolute Gasteiger partial charge is 0.476 e. The molecule has 1 atom stereocenters. The molecule has 0 radical (unpaired) electrons. The van der Waals surface area contributed by atoms with Crippen molar-refractivity contribution in [2.75, 3.05) is 16.8 Å². The molecule has 2 aromatic rings. The van der Waals surface area contributed by atoms with Gasteiger partial charge in [0.25, 0.3) is 5.91 Å². The van der Waals surface area contributed by atoms with Crippen LogP contribution in [0.25, 0.3) is 0 Å². The number of nitrogens with zero attached hydrogens (tertiary/aromatic N) is 1. The fourth-order valence-electron chi connectivity index (χ4n) is 3.07. The summed E-state index contributed by atoms with van der Waals surface area (Å²) in [6, 6.07) is 13.2. The van der Waals surface area contributed by atoms with Gasteiger partial charge in [-0.1, -0.05) is 37.3 Å². The van der Waals surface area contributed by atoms with Crippen LogP contribution in [-0.2, 0) is 16.0 Å². The van der Waals surface area contributed by atoms with Crippen LogP contribution in [0.4, 0.5) is 11.4 Å². The Morgan fingerprint density at radius 2 is 1.96 bits per heavy atom. The van der Waals surface area contributed by atoms with Crippen molar-refractivity contribution in [3.05, 3.63) is 53.6 Å². The molecule has 0 aliphatic carbocycles. The quantitative estimate of drug-likeness (QED) is 0.934. The van der Waals surface area contributed by atoms with E-state index in [1.54, 1.807) is 11.0 Å². The van der Waals surface area contributed by atoms with E-state index < -0.39 is 6.10 Å². The maximum Gasteiger partial charge on any atom is 0.267 e. The Morgan fingerprint density at radius 3 is 2.68 bits per heavy atom. The summed E-state index contributed by atoms with van der Waals surface area (Å²) >= 11 is 0. The molecule has 1 N–H and O–H groups in total. The molecule has 1 heterocycles. The van der Waals surface area contributed by atoms with E-state index in [0.717, 1.165) is 23.2 Å². The number of benzene rings is 2. The summed E-state index contributed by atoms with van der Waals surface area (Å²) in [4.78, 5) is 26.4. The van der Waals surface area contributed by atoms with Crippen molar-refractivity contribution in [2.24, 2.45) is 0 Å². The molecule has 1 aliphatic heterocycles. The number of para-hydroxylation sites is 3. The topological polar surface area (TPSA) is 58.6 Å². The first-order valence-electron chi connectivity index (χ1n) is 8.44. The first-order chi connectivity index (χ1) is 12.0. The average molecular weight is 338 g/mol. The van der Waals surface area contributed by atoms with E-state index in [9.17, 15) is 9.59 Å². The number of carbonyl (C=O) groups excluding carboxylic acids is 2. The van der Waals surface area contributed by atoms with Crippen LogP contribution in [0.1, 0.15) is 25.0 Å². The standard InChI is InChI=1S/C20H22N2O3/c1-4-15-9-7-8-13(2)19(15)21-20(24)18-12-22(14(3)23)16-10-5-6-11-17(16)25-18/h5-11,18H,4,12H2,1-3H3,(H,21,24)/t18-/m0/s1. The molecule has 1 aliphatic rings. The molecule has 0 unspecified atom stereocenters. The lowest BCUT2D eigenvalue weighted by atomic mass is 10.1. The van der Waals surface area contributed by atoms with Gasteiger partial charge < -0.3 is 15.0 Å². The van der Waals surface area contributed by atoms with Crippen molar-refractivity contribution in [1.29, 1.82) is 0 Å². The number of ether oxygens (including phenoxy) is 1. The van der Waals surface area contributed by atoms with Gasteiger partial charge in [0.2, 0.25) is 5.91 Å². The van der Waals surface area contributed by atoms with E-state index >= 15 is 0 Å². The summed E-state index contributed by atoms with van der Waals surface area (Å²) in [7, 11) is 0. The fraction of sp³-hybridized carbons (Fsp3) is 0.300. The SMILES string of the molecule is CCc1cccc(C)c1NC(=O)[C@@H]1CN(C(C)=O)c2ccccc2O1. The average Bonchev–Trinajstić information content (AvgIpc) is 2.62. The van der Waals surface area contributed by atoms with Crippen molar-refractivity contribution in [2.45, 2.75) is 33.3 Å². The van der Waals surface area contributed by atoms with Gasteiger partial charge in [-0.2, -0.15) is 0 Å². The molecule has 0 bridgehead atoms. The van der Waals surface area contributed by atoms with Gasteiger partial charge in [0.05, 0.1) is 12.2 Å². The van der Waals surface area contributed by atoms with E-state index in [-0.39, 0.29) is 18.4 Å². The van der Waals surface area contributed by atoms with E-state index in [1.165, 1.54) is 6.92 Å². The van der Waals surface area contributed by atoms with Crippen LogP contribution in [0.2, 0.25) is 0 Å². The Kier molecular flexibility index (Phi) is 4.74. The molecule has 5 heteroatoms. The third kappa shape index (κ3) is 3.36. The molecule has 0 spiro atoms. The minimum absolute atomic E-state index is 0.112. The van der Waals surface area contributed by atoms with Gasteiger partial charge in [0, 0.05) is 12.6 Å². The Bertz CT molecular complexity index is 816. The molecule has 0 saturated heterocycles. The van der Waals surface area contributed by atoms with Crippen molar-refractivity contribution in [1.82, 2.24) is 0 Å². The summed E-state index contributed by atoms with van der Waals surface area (Å²) in [6.07, 6.45) is 0.0775. The van der Waals surface area contributed by atoms with Crippen LogP contribution in [0, 0.1) is 6.92 Å². The monoisotopic (exact) mass is 338 g/mol. The van der Waals surface area contributed by atoms with Crippen molar-refractivity contribution in [3.63, 3.8) is 0 Å².